The number of hydrogen-bond donors (Lipinski definition) is 0. The third-order valence-electron chi connectivity index (χ3n) is 3.28. The first-order valence-corrected chi connectivity index (χ1v) is 7.55. The molecule has 3 heteroatoms. The van der Waals surface area contributed by atoms with Crippen molar-refractivity contribution in [1.29, 1.82) is 0 Å². The molecule has 0 unspecified atom stereocenters. The van der Waals surface area contributed by atoms with Crippen LogP contribution in [0.2, 0.25) is 0 Å². The molecule has 0 atom stereocenters. The topological polar surface area (TPSA) is 17.3 Å². The normalized spacial score (nSPS) is 11.1. The summed E-state index contributed by atoms with van der Waals surface area (Å²) in [5, 5.41) is 0. The number of aryl methyl sites for hydroxylation is 1. The molecule has 0 aliphatic rings. The number of rotatable bonds is 3. The summed E-state index contributed by atoms with van der Waals surface area (Å²) in [6, 6.07) is 18.4. The Kier molecular flexibility index (Phi) is 4.02. The van der Waals surface area contributed by atoms with Gasteiger partial charge in [-0.15, -0.1) is 0 Å². The minimum absolute atomic E-state index is 0.991. The fourth-order valence-corrected chi connectivity index (χ4v) is 2.63. The summed E-state index contributed by atoms with van der Waals surface area (Å²) in [6.45, 7) is 2.06. The molecule has 3 aromatic rings. The maximum Gasteiger partial charge on any atom is 0.0659 e. The van der Waals surface area contributed by atoms with Crippen molar-refractivity contribution in [2.24, 2.45) is 4.99 Å². The average Bonchev–Trinajstić information content (AvgIpc) is 2.96. The van der Waals surface area contributed by atoms with Crippen LogP contribution in [0.15, 0.2) is 76.5 Å². The number of hydrogen-bond acceptors (Lipinski definition) is 1. The predicted octanol–water partition coefficient (Wildman–Crippen LogP) is 5.30. The Balaban J connectivity index is 1.83. The van der Waals surface area contributed by atoms with E-state index < -0.39 is 0 Å². The Morgan fingerprint density at radius 2 is 1.86 bits per heavy atom. The van der Waals surface area contributed by atoms with Crippen LogP contribution in [0.5, 0.6) is 0 Å². The summed E-state index contributed by atoms with van der Waals surface area (Å²) in [4.78, 5) is 4.56. The van der Waals surface area contributed by atoms with Crippen molar-refractivity contribution in [3.63, 3.8) is 0 Å². The summed E-state index contributed by atoms with van der Waals surface area (Å²) in [5.74, 6) is 0. The highest BCUT2D eigenvalue weighted by atomic mass is 79.9. The highest BCUT2D eigenvalue weighted by Gasteiger charge is 1.98. The number of nitrogens with zero attached hydrogens (tertiary/aromatic N) is 2. The lowest BCUT2D eigenvalue weighted by Gasteiger charge is -2.01. The third-order valence-corrected chi connectivity index (χ3v) is 3.77. The van der Waals surface area contributed by atoms with Gasteiger partial charge in [0, 0.05) is 34.3 Å². The highest BCUT2D eigenvalue weighted by Crippen LogP contribution is 2.22. The number of para-hydroxylation sites is 1. The lowest BCUT2D eigenvalue weighted by Crippen LogP contribution is -1.88. The van der Waals surface area contributed by atoms with Crippen LogP contribution < -0.4 is 0 Å². The molecule has 0 N–H and O–H groups in total. The van der Waals surface area contributed by atoms with Crippen molar-refractivity contribution in [3.05, 3.63) is 82.6 Å². The zero-order valence-electron chi connectivity index (χ0n) is 11.7. The molecule has 0 radical (unpaired) electrons. The quantitative estimate of drug-likeness (QED) is 0.576. The SMILES string of the molecule is Cc1cc(Br)ccc1N=Cc1ccn(-c2ccccc2)c1. The predicted molar refractivity (Wildman–Crippen MR) is 91.9 cm³/mol. The molecular formula is C18H15BrN2. The lowest BCUT2D eigenvalue weighted by molar-refractivity contribution is 1.08. The highest BCUT2D eigenvalue weighted by molar-refractivity contribution is 9.10. The Bertz CT molecular complexity index is 773. The molecule has 0 spiro atoms. The molecule has 0 saturated heterocycles. The molecule has 1 aromatic heterocycles. The monoisotopic (exact) mass is 338 g/mol. The van der Waals surface area contributed by atoms with Crippen LogP contribution in [0.1, 0.15) is 11.1 Å². The summed E-state index contributed by atoms with van der Waals surface area (Å²) in [7, 11) is 0. The van der Waals surface area contributed by atoms with Crippen LogP contribution in [-0.4, -0.2) is 10.8 Å². The number of halogens is 1. The van der Waals surface area contributed by atoms with Crippen LogP contribution in [-0.2, 0) is 0 Å². The molecule has 0 bridgehead atoms. The van der Waals surface area contributed by atoms with E-state index in [-0.39, 0.29) is 0 Å². The van der Waals surface area contributed by atoms with E-state index in [0.29, 0.717) is 0 Å². The van der Waals surface area contributed by atoms with E-state index in [1.54, 1.807) is 0 Å². The van der Waals surface area contributed by atoms with Gasteiger partial charge in [0.2, 0.25) is 0 Å². The molecule has 2 nitrogen and oxygen atoms in total. The van der Waals surface area contributed by atoms with E-state index in [1.807, 2.05) is 42.7 Å². The number of aliphatic imine (C=N–C) groups is 1. The van der Waals surface area contributed by atoms with Crippen molar-refractivity contribution >= 4 is 27.8 Å². The minimum Gasteiger partial charge on any atom is -0.323 e. The van der Waals surface area contributed by atoms with E-state index in [2.05, 4.69) is 62.9 Å². The summed E-state index contributed by atoms with van der Waals surface area (Å²) in [5.41, 5.74) is 4.38. The Morgan fingerprint density at radius 3 is 2.62 bits per heavy atom. The van der Waals surface area contributed by atoms with E-state index in [9.17, 15) is 0 Å². The van der Waals surface area contributed by atoms with Crippen LogP contribution in [0, 0.1) is 6.92 Å². The average molecular weight is 339 g/mol. The Hall–Kier alpha value is -2.13. The molecule has 0 amide bonds. The molecule has 0 aliphatic carbocycles. The van der Waals surface area contributed by atoms with Gasteiger partial charge < -0.3 is 4.57 Å². The smallest absolute Gasteiger partial charge is 0.0659 e. The molecule has 0 saturated carbocycles. The Morgan fingerprint density at radius 1 is 1.05 bits per heavy atom. The number of benzene rings is 2. The molecule has 0 fully saturated rings. The van der Waals surface area contributed by atoms with Crippen molar-refractivity contribution in [2.75, 3.05) is 0 Å². The second-order valence-electron chi connectivity index (χ2n) is 4.88. The van der Waals surface area contributed by atoms with Gasteiger partial charge in [0.05, 0.1) is 5.69 Å². The van der Waals surface area contributed by atoms with Gasteiger partial charge in [-0.05, 0) is 48.9 Å². The minimum atomic E-state index is 0.991. The fourth-order valence-electron chi connectivity index (χ4n) is 2.16. The van der Waals surface area contributed by atoms with Crippen molar-refractivity contribution in [3.8, 4) is 5.69 Å². The van der Waals surface area contributed by atoms with Crippen molar-refractivity contribution < 1.29 is 0 Å². The zero-order chi connectivity index (χ0) is 14.7. The van der Waals surface area contributed by atoms with Gasteiger partial charge in [-0.1, -0.05) is 34.1 Å². The first kappa shape index (κ1) is 13.8. The first-order valence-electron chi connectivity index (χ1n) is 6.76. The molecule has 21 heavy (non-hydrogen) atoms. The van der Waals surface area contributed by atoms with Gasteiger partial charge in [0.1, 0.15) is 0 Å². The van der Waals surface area contributed by atoms with E-state index in [4.69, 9.17) is 0 Å². The van der Waals surface area contributed by atoms with Crippen molar-refractivity contribution in [1.82, 2.24) is 4.57 Å². The van der Waals surface area contributed by atoms with Crippen molar-refractivity contribution in [2.45, 2.75) is 6.92 Å². The molecule has 1 heterocycles. The summed E-state index contributed by atoms with van der Waals surface area (Å²) >= 11 is 3.47. The molecule has 104 valence electrons. The van der Waals surface area contributed by atoms with Gasteiger partial charge in [-0.2, -0.15) is 0 Å². The Labute approximate surface area is 132 Å². The standard InChI is InChI=1S/C18H15BrN2/c1-14-11-16(19)7-8-18(14)20-12-15-9-10-21(13-15)17-5-3-2-4-6-17/h2-13H,1H3. The summed E-state index contributed by atoms with van der Waals surface area (Å²) < 4.78 is 3.17. The second kappa shape index (κ2) is 6.10. The molecule has 3 rings (SSSR count). The van der Waals surface area contributed by atoms with Gasteiger partial charge in [0.15, 0.2) is 0 Å². The van der Waals surface area contributed by atoms with Gasteiger partial charge in [0.25, 0.3) is 0 Å². The van der Waals surface area contributed by atoms with Crippen LogP contribution in [0.25, 0.3) is 5.69 Å². The summed E-state index contributed by atoms with van der Waals surface area (Å²) in [6.07, 6.45) is 6.02. The van der Waals surface area contributed by atoms with Crippen LogP contribution in [0.3, 0.4) is 0 Å². The maximum absolute atomic E-state index is 4.56. The van der Waals surface area contributed by atoms with E-state index in [1.165, 1.54) is 0 Å². The maximum atomic E-state index is 4.56. The fraction of sp³-hybridized carbons (Fsp3) is 0.0556. The second-order valence-corrected chi connectivity index (χ2v) is 5.79. The number of aromatic nitrogens is 1. The van der Waals surface area contributed by atoms with E-state index in [0.717, 1.165) is 27.0 Å². The first-order chi connectivity index (χ1) is 10.2. The van der Waals surface area contributed by atoms with Gasteiger partial charge in [-0.3, -0.25) is 4.99 Å². The van der Waals surface area contributed by atoms with Crippen LogP contribution in [0.4, 0.5) is 5.69 Å². The van der Waals surface area contributed by atoms with Gasteiger partial charge >= 0.3 is 0 Å². The zero-order valence-corrected chi connectivity index (χ0v) is 13.3. The lowest BCUT2D eigenvalue weighted by atomic mass is 10.2. The molecular weight excluding hydrogens is 324 g/mol. The van der Waals surface area contributed by atoms with Crippen LogP contribution >= 0.6 is 15.9 Å². The molecule has 2 aromatic carbocycles. The van der Waals surface area contributed by atoms with Gasteiger partial charge in [-0.25, -0.2) is 0 Å². The third kappa shape index (κ3) is 3.31. The molecule has 0 aliphatic heterocycles. The largest absolute Gasteiger partial charge is 0.323 e. The van der Waals surface area contributed by atoms with E-state index >= 15 is 0 Å².